The summed E-state index contributed by atoms with van der Waals surface area (Å²) in [6, 6.07) is 0. The zero-order valence-electron chi connectivity index (χ0n) is 6.72. The summed E-state index contributed by atoms with van der Waals surface area (Å²) in [7, 11) is 0. The second-order valence-electron chi connectivity index (χ2n) is 1.27. The van der Waals surface area contributed by atoms with Crippen molar-refractivity contribution >= 4 is 0 Å². The molecular formula is C7H15Y2-3. The fraction of sp³-hybridized carbons (Fsp3) is 0.571. The van der Waals surface area contributed by atoms with Crippen molar-refractivity contribution in [3.8, 4) is 0 Å². The van der Waals surface area contributed by atoms with Gasteiger partial charge in [-0.2, -0.15) is 20.8 Å². The molecule has 0 aliphatic rings. The maximum absolute atomic E-state index is 3.55. The minimum atomic E-state index is 0. The van der Waals surface area contributed by atoms with Gasteiger partial charge in [0.1, 0.15) is 0 Å². The van der Waals surface area contributed by atoms with Crippen LogP contribution in [-0.2, 0) is 65.4 Å². The van der Waals surface area contributed by atoms with Gasteiger partial charge in [0, 0.05) is 65.4 Å². The maximum Gasteiger partial charge on any atom is 0 e. The standard InChI is InChI=1S/C4H8.C3H7.2Y/c1-3-4-2;1-3-2;;/h4H,1,3H2,2H3;3H,1-2H3;;/q-2;-1;;. The summed E-state index contributed by atoms with van der Waals surface area (Å²) < 4.78 is 0. The van der Waals surface area contributed by atoms with E-state index < -0.39 is 0 Å². The second kappa shape index (κ2) is 31.9. The van der Waals surface area contributed by atoms with E-state index in [9.17, 15) is 0 Å². The van der Waals surface area contributed by atoms with E-state index in [-0.39, 0.29) is 65.4 Å². The molecule has 0 N–H and O–H groups in total. The van der Waals surface area contributed by atoms with Crippen LogP contribution in [0.2, 0.25) is 0 Å². The zero-order valence-corrected chi connectivity index (χ0v) is 12.4. The molecule has 0 aliphatic carbocycles. The van der Waals surface area contributed by atoms with Crippen molar-refractivity contribution in [1.29, 1.82) is 0 Å². The van der Waals surface area contributed by atoms with Crippen LogP contribution >= 0.6 is 0 Å². The Morgan fingerprint density at radius 1 is 1.11 bits per heavy atom. The van der Waals surface area contributed by atoms with Gasteiger partial charge in [0.25, 0.3) is 0 Å². The summed E-state index contributed by atoms with van der Waals surface area (Å²) >= 11 is 0. The Morgan fingerprint density at radius 2 is 1.22 bits per heavy atom. The van der Waals surface area contributed by atoms with Crippen molar-refractivity contribution in [2.24, 2.45) is 0 Å². The molecule has 0 atom stereocenters. The van der Waals surface area contributed by atoms with Crippen molar-refractivity contribution in [2.45, 2.75) is 27.2 Å². The summed E-state index contributed by atoms with van der Waals surface area (Å²) in [5, 5.41) is 0. The molecule has 0 rings (SSSR count). The van der Waals surface area contributed by atoms with Crippen molar-refractivity contribution in [1.82, 2.24) is 0 Å². The van der Waals surface area contributed by atoms with Crippen molar-refractivity contribution in [2.75, 3.05) is 0 Å². The molecule has 9 heavy (non-hydrogen) atoms. The van der Waals surface area contributed by atoms with Crippen molar-refractivity contribution < 1.29 is 65.4 Å². The first kappa shape index (κ1) is 22.5. The van der Waals surface area contributed by atoms with Gasteiger partial charge < -0.3 is 26.2 Å². The molecule has 0 unspecified atom stereocenters. The molecule has 0 aromatic carbocycles. The monoisotopic (exact) mass is 277 g/mol. The Morgan fingerprint density at radius 3 is 1.22 bits per heavy atom. The fourth-order valence-electron chi connectivity index (χ4n) is 0. The molecule has 0 nitrogen and oxygen atoms in total. The third kappa shape index (κ3) is 66.8. The van der Waals surface area contributed by atoms with Crippen LogP contribution in [0.3, 0.4) is 0 Å². The van der Waals surface area contributed by atoms with Crippen LogP contribution in [0.1, 0.15) is 27.2 Å². The van der Waals surface area contributed by atoms with Crippen molar-refractivity contribution in [3.63, 3.8) is 0 Å². The topological polar surface area (TPSA) is 0 Å². The predicted octanol–water partition coefficient (Wildman–Crippen LogP) is 2.66. The minimum Gasteiger partial charge on any atom is -0.372 e. The molecular weight excluding hydrogens is 262 g/mol. The van der Waals surface area contributed by atoms with E-state index in [0.717, 1.165) is 6.42 Å². The van der Waals surface area contributed by atoms with E-state index in [0.29, 0.717) is 0 Å². The average Bonchev–Trinajstić information content (AvgIpc) is 1.69. The van der Waals surface area contributed by atoms with Crippen LogP contribution < -0.4 is 0 Å². The number of hydrogen-bond acceptors (Lipinski definition) is 0. The fourth-order valence-corrected chi connectivity index (χ4v) is 0. The summed E-state index contributed by atoms with van der Waals surface area (Å²) in [5.41, 5.74) is 0. The first-order chi connectivity index (χ1) is 3.33. The molecule has 0 fully saturated rings. The summed E-state index contributed by atoms with van der Waals surface area (Å²) in [6.07, 6.45) is 4.96. The normalized spacial score (nSPS) is 5.33. The summed E-state index contributed by atoms with van der Waals surface area (Å²) in [4.78, 5) is 0. The minimum absolute atomic E-state index is 0. The predicted molar refractivity (Wildman–Crippen MR) is 35.6 cm³/mol. The van der Waals surface area contributed by atoms with E-state index in [1.807, 2.05) is 33.6 Å². The Labute approximate surface area is 111 Å². The Balaban J connectivity index is -0.0000000233. The molecule has 0 spiro atoms. The maximum atomic E-state index is 3.55. The van der Waals surface area contributed by atoms with Gasteiger partial charge in [0.05, 0.1) is 0 Å². The third-order valence-electron chi connectivity index (χ3n) is 0.289. The van der Waals surface area contributed by atoms with Gasteiger partial charge in [-0.1, -0.05) is 0 Å². The van der Waals surface area contributed by atoms with E-state index in [1.54, 1.807) is 0 Å². The molecule has 0 aromatic rings. The zero-order chi connectivity index (χ0) is 6.12. The Hall–Kier alpha value is 2.21. The van der Waals surface area contributed by atoms with Gasteiger partial charge in [-0.3, -0.25) is 0 Å². The van der Waals surface area contributed by atoms with Crippen LogP contribution in [0.5, 0.6) is 0 Å². The molecule has 0 saturated carbocycles. The number of rotatable bonds is 1. The second-order valence-corrected chi connectivity index (χ2v) is 1.27. The van der Waals surface area contributed by atoms with E-state index in [1.165, 1.54) is 0 Å². The van der Waals surface area contributed by atoms with Gasteiger partial charge in [-0.25, -0.2) is 0 Å². The van der Waals surface area contributed by atoms with Gasteiger partial charge in [0.15, 0.2) is 0 Å². The summed E-state index contributed by atoms with van der Waals surface area (Å²) in [5.74, 6) is 0. The molecule has 0 heterocycles. The van der Waals surface area contributed by atoms with Crippen molar-refractivity contribution in [3.05, 3.63) is 19.8 Å². The molecule has 0 aliphatic heterocycles. The van der Waals surface area contributed by atoms with Gasteiger partial charge in [0.2, 0.25) is 0 Å². The van der Waals surface area contributed by atoms with E-state index in [2.05, 4.69) is 6.92 Å². The number of unbranched alkanes of at least 4 members (excludes halogenated alkanes) is 1. The SMILES string of the molecule is C[CH-]C.[CH2-]C[CH-]C.[Y].[Y]. The van der Waals surface area contributed by atoms with Crippen LogP contribution in [0.15, 0.2) is 0 Å². The van der Waals surface area contributed by atoms with Crippen LogP contribution in [-0.4, -0.2) is 0 Å². The first-order valence-electron chi connectivity index (χ1n) is 2.64. The molecule has 2 heteroatoms. The molecule has 52 valence electrons. The Bertz CT molecular complexity index is 14.4. The summed E-state index contributed by atoms with van der Waals surface area (Å²) in [6.45, 7) is 9.54. The van der Waals surface area contributed by atoms with Crippen LogP contribution in [0.4, 0.5) is 0 Å². The van der Waals surface area contributed by atoms with Gasteiger partial charge in [-0.15, -0.1) is 0 Å². The molecule has 2 radical (unpaired) electrons. The first-order valence-corrected chi connectivity index (χ1v) is 2.64. The molecule has 0 saturated heterocycles. The third-order valence-corrected chi connectivity index (χ3v) is 0.289. The average molecular weight is 277 g/mol. The molecule has 0 aromatic heterocycles. The quantitative estimate of drug-likeness (QED) is 0.646. The van der Waals surface area contributed by atoms with Crippen LogP contribution in [0, 0.1) is 19.8 Å². The van der Waals surface area contributed by atoms with Crippen LogP contribution in [0.25, 0.3) is 0 Å². The smallest absolute Gasteiger partial charge is 0 e. The van der Waals surface area contributed by atoms with Gasteiger partial charge >= 0.3 is 0 Å². The molecule has 0 bridgehead atoms. The Kier molecular flexibility index (Phi) is 79.7. The van der Waals surface area contributed by atoms with E-state index in [4.69, 9.17) is 0 Å². The van der Waals surface area contributed by atoms with Gasteiger partial charge in [-0.05, 0) is 0 Å². The largest absolute Gasteiger partial charge is 0.372 e. The molecule has 0 amide bonds. The number of hydrogen-bond donors (Lipinski definition) is 0. The van der Waals surface area contributed by atoms with E-state index >= 15 is 0 Å².